The lowest BCUT2D eigenvalue weighted by Gasteiger charge is -2.07. The molecule has 0 aromatic carbocycles. The number of rotatable bonds is 1. The maximum absolute atomic E-state index is 2.38. The highest BCUT2D eigenvalue weighted by Gasteiger charge is 2.01. The fraction of sp³-hybridized carbons (Fsp3) is 0.375. The Hall–Kier alpha value is 0.210. The zero-order valence-corrected chi connectivity index (χ0v) is 7.68. The van der Waals surface area contributed by atoms with E-state index in [1.165, 1.54) is 15.6 Å². The summed E-state index contributed by atoms with van der Waals surface area (Å²) in [5.74, 6) is 0. The Labute approximate surface area is 70.2 Å². The molecule has 1 aliphatic carbocycles. The minimum Gasteiger partial charge on any atom is -0.0797 e. The molecule has 0 atom stereocenters. The highest BCUT2D eigenvalue weighted by molar-refractivity contribution is 14.1. The van der Waals surface area contributed by atoms with Crippen LogP contribution < -0.4 is 0 Å². The lowest BCUT2D eigenvalue weighted by molar-refractivity contribution is 1.09. The molecule has 0 unspecified atom stereocenters. The van der Waals surface area contributed by atoms with Gasteiger partial charge in [-0.05, 0) is 47.4 Å². The summed E-state index contributed by atoms with van der Waals surface area (Å²) in [7, 11) is 0. The summed E-state index contributed by atoms with van der Waals surface area (Å²) in [5.41, 5.74) is 1.50. The molecule has 0 nitrogen and oxygen atoms in total. The summed E-state index contributed by atoms with van der Waals surface area (Å²) in [5, 5.41) is 0. The third kappa shape index (κ3) is 1.81. The Bertz CT molecular complexity index is 154. The maximum atomic E-state index is 2.38. The van der Waals surface area contributed by atoms with Crippen molar-refractivity contribution in [2.45, 2.75) is 19.8 Å². The maximum Gasteiger partial charge on any atom is 0.0122 e. The zero-order chi connectivity index (χ0) is 6.69. The Balaban J connectivity index is 2.68. The molecule has 1 radical (unpaired) electrons. The van der Waals surface area contributed by atoms with Gasteiger partial charge in [-0.3, -0.25) is 0 Å². The second kappa shape index (κ2) is 3.40. The van der Waals surface area contributed by atoms with Crippen LogP contribution in [0.1, 0.15) is 19.8 Å². The van der Waals surface area contributed by atoms with Gasteiger partial charge < -0.3 is 0 Å². The van der Waals surface area contributed by atoms with Gasteiger partial charge in [0, 0.05) is 3.58 Å². The van der Waals surface area contributed by atoms with Gasteiger partial charge in [0.1, 0.15) is 0 Å². The monoisotopic (exact) mass is 233 g/mol. The van der Waals surface area contributed by atoms with Crippen LogP contribution in [0.3, 0.4) is 0 Å². The normalized spacial score (nSPS) is 18.9. The van der Waals surface area contributed by atoms with Crippen molar-refractivity contribution in [2.24, 2.45) is 0 Å². The molecule has 0 bridgehead atoms. The minimum atomic E-state index is 1.12. The van der Waals surface area contributed by atoms with Crippen LogP contribution >= 0.6 is 22.6 Å². The van der Waals surface area contributed by atoms with Crippen molar-refractivity contribution in [1.29, 1.82) is 0 Å². The highest BCUT2D eigenvalue weighted by Crippen LogP contribution is 2.25. The molecule has 0 fully saturated rings. The Morgan fingerprint density at radius 1 is 1.67 bits per heavy atom. The standard InChI is InChI=1S/C8H10I/c1-2-7-5-3-4-6-8(7)9/h4-6H,2-3H2,1H3. The Morgan fingerprint density at radius 3 is 2.89 bits per heavy atom. The molecule has 0 saturated carbocycles. The first kappa shape index (κ1) is 7.32. The third-order valence-corrected chi connectivity index (χ3v) is 2.50. The lowest BCUT2D eigenvalue weighted by atomic mass is 10.1. The molecule has 0 aromatic heterocycles. The molecule has 0 aliphatic heterocycles. The van der Waals surface area contributed by atoms with Gasteiger partial charge in [0.25, 0.3) is 0 Å². The van der Waals surface area contributed by atoms with E-state index in [0.717, 1.165) is 6.42 Å². The Kier molecular flexibility index (Phi) is 2.76. The second-order valence-electron chi connectivity index (χ2n) is 2.07. The van der Waals surface area contributed by atoms with E-state index < -0.39 is 0 Å². The number of halogens is 1. The van der Waals surface area contributed by atoms with Gasteiger partial charge in [0.15, 0.2) is 0 Å². The van der Waals surface area contributed by atoms with Crippen LogP contribution in [0.25, 0.3) is 0 Å². The van der Waals surface area contributed by atoms with Crippen molar-refractivity contribution in [2.75, 3.05) is 0 Å². The molecule has 0 N–H and O–H groups in total. The number of hydrogen-bond donors (Lipinski definition) is 0. The van der Waals surface area contributed by atoms with E-state index in [-0.39, 0.29) is 0 Å². The first-order valence-electron chi connectivity index (χ1n) is 3.23. The van der Waals surface area contributed by atoms with E-state index in [9.17, 15) is 0 Å². The van der Waals surface area contributed by atoms with E-state index in [2.05, 4.69) is 48.1 Å². The van der Waals surface area contributed by atoms with Crippen LogP contribution in [0.5, 0.6) is 0 Å². The van der Waals surface area contributed by atoms with Crippen molar-refractivity contribution in [3.05, 3.63) is 27.7 Å². The lowest BCUT2D eigenvalue weighted by Crippen LogP contribution is -1.87. The van der Waals surface area contributed by atoms with Crippen molar-refractivity contribution in [3.63, 3.8) is 0 Å². The predicted octanol–water partition coefficient (Wildman–Crippen LogP) is 3.25. The summed E-state index contributed by atoms with van der Waals surface area (Å²) in [6.07, 6.45) is 8.97. The first-order chi connectivity index (χ1) is 4.34. The summed E-state index contributed by atoms with van der Waals surface area (Å²) in [6.45, 7) is 2.20. The van der Waals surface area contributed by atoms with Crippen molar-refractivity contribution in [3.8, 4) is 0 Å². The van der Waals surface area contributed by atoms with Gasteiger partial charge >= 0.3 is 0 Å². The van der Waals surface area contributed by atoms with Crippen molar-refractivity contribution < 1.29 is 0 Å². The topological polar surface area (TPSA) is 0 Å². The van der Waals surface area contributed by atoms with Gasteiger partial charge in [-0.15, -0.1) is 0 Å². The van der Waals surface area contributed by atoms with Gasteiger partial charge in [0.05, 0.1) is 0 Å². The van der Waals surface area contributed by atoms with Crippen LogP contribution in [0.4, 0.5) is 0 Å². The molecule has 0 amide bonds. The minimum absolute atomic E-state index is 1.12. The smallest absolute Gasteiger partial charge is 0.0122 e. The zero-order valence-electron chi connectivity index (χ0n) is 5.52. The van der Waals surface area contributed by atoms with Crippen LogP contribution in [0.2, 0.25) is 0 Å². The molecule has 0 spiro atoms. The molecule has 0 aromatic rings. The molecule has 0 heterocycles. The summed E-state index contributed by atoms with van der Waals surface area (Å²) in [4.78, 5) is 0. The molecule has 1 rings (SSSR count). The molecular weight excluding hydrogens is 223 g/mol. The fourth-order valence-electron chi connectivity index (χ4n) is 0.900. The summed E-state index contributed by atoms with van der Waals surface area (Å²) >= 11 is 2.38. The van der Waals surface area contributed by atoms with E-state index in [4.69, 9.17) is 0 Å². The van der Waals surface area contributed by atoms with Crippen LogP contribution in [0, 0.1) is 6.42 Å². The molecule has 9 heavy (non-hydrogen) atoms. The molecular formula is C8H10I. The third-order valence-electron chi connectivity index (χ3n) is 1.45. The first-order valence-corrected chi connectivity index (χ1v) is 4.31. The predicted molar refractivity (Wildman–Crippen MR) is 49.4 cm³/mol. The van der Waals surface area contributed by atoms with E-state index in [0.29, 0.717) is 0 Å². The second-order valence-corrected chi connectivity index (χ2v) is 3.23. The molecule has 0 saturated heterocycles. The van der Waals surface area contributed by atoms with Gasteiger partial charge in [0.2, 0.25) is 0 Å². The highest BCUT2D eigenvalue weighted by atomic mass is 127. The van der Waals surface area contributed by atoms with E-state index in [1.807, 2.05) is 0 Å². The molecule has 1 heteroatoms. The summed E-state index contributed by atoms with van der Waals surface area (Å²) < 4.78 is 1.40. The molecule has 49 valence electrons. The van der Waals surface area contributed by atoms with Gasteiger partial charge in [-0.2, -0.15) is 0 Å². The average molecular weight is 233 g/mol. The number of allylic oxidation sites excluding steroid dienone is 4. The quantitative estimate of drug-likeness (QED) is 0.610. The fourth-order valence-corrected chi connectivity index (χ4v) is 1.76. The van der Waals surface area contributed by atoms with Crippen LogP contribution in [-0.4, -0.2) is 0 Å². The van der Waals surface area contributed by atoms with Crippen LogP contribution in [-0.2, 0) is 0 Å². The SMILES string of the molecule is CCC1=CC[CH]C=C1I. The Morgan fingerprint density at radius 2 is 2.44 bits per heavy atom. The van der Waals surface area contributed by atoms with Crippen molar-refractivity contribution in [1.82, 2.24) is 0 Å². The summed E-state index contributed by atoms with van der Waals surface area (Å²) in [6, 6.07) is 0. The largest absolute Gasteiger partial charge is 0.0797 e. The number of hydrogen-bond acceptors (Lipinski definition) is 0. The van der Waals surface area contributed by atoms with Gasteiger partial charge in [-0.25, -0.2) is 0 Å². The van der Waals surface area contributed by atoms with E-state index >= 15 is 0 Å². The van der Waals surface area contributed by atoms with Gasteiger partial charge in [-0.1, -0.05) is 19.1 Å². The molecule has 1 aliphatic rings. The van der Waals surface area contributed by atoms with Crippen LogP contribution in [0.15, 0.2) is 21.3 Å². The average Bonchev–Trinajstić information content (AvgIpc) is 1.89. The van der Waals surface area contributed by atoms with E-state index in [1.54, 1.807) is 0 Å². The van der Waals surface area contributed by atoms with Crippen molar-refractivity contribution >= 4 is 22.6 Å².